The van der Waals surface area contributed by atoms with E-state index in [-0.39, 0.29) is 5.91 Å². The van der Waals surface area contributed by atoms with Crippen LogP contribution in [-0.4, -0.2) is 30.6 Å². The molecule has 2 aromatic carbocycles. The number of pyridine rings is 1. The minimum atomic E-state index is -0.234. The van der Waals surface area contributed by atoms with Gasteiger partial charge in [0.25, 0.3) is 5.91 Å². The molecule has 1 N–H and O–H groups in total. The quantitative estimate of drug-likeness (QED) is 0.212. The second-order valence-corrected chi connectivity index (χ2v) is 10.6. The number of hydrogen-bond acceptors (Lipinski definition) is 7. The number of nitrogens with zero attached hydrogens (tertiary/aromatic N) is 5. The van der Waals surface area contributed by atoms with Crippen LogP contribution < -0.4 is 5.32 Å². The number of amides is 1. The van der Waals surface area contributed by atoms with Crippen molar-refractivity contribution in [2.24, 2.45) is 0 Å². The molecule has 0 unspecified atom stereocenters. The Balaban J connectivity index is 1.32. The third-order valence-corrected chi connectivity index (χ3v) is 8.04. The maximum Gasteiger partial charge on any atom is 0.271 e. The van der Waals surface area contributed by atoms with Crippen LogP contribution in [0.25, 0.3) is 5.69 Å². The molecule has 0 fully saturated rings. The highest BCUT2D eigenvalue weighted by Crippen LogP contribution is 2.30. The predicted octanol–water partition coefficient (Wildman–Crippen LogP) is 6.24. The molecule has 0 saturated heterocycles. The molecular formula is C26H20Cl2N6OS2. The van der Waals surface area contributed by atoms with E-state index in [1.807, 2.05) is 47.0 Å². The molecule has 1 amide bonds. The van der Waals surface area contributed by atoms with Gasteiger partial charge in [-0.2, -0.15) is 0 Å². The van der Waals surface area contributed by atoms with Gasteiger partial charge >= 0.3 is 0 Å². The van der Waals surface area contributed by atoms with Crippen molar-refractivity contribution in [2.75, 3.05) is 0 Å². The van der Waals surface area contributed by atoms with E-state index in [0.29, 0.717) is 39.6 Å². The second-order valence-electron chi connectivity index (χ2n) is 7.91. The average molecular weight is 568 g/mol. The maximum atomic E-state index is 12.5. The Kier molecular flexibility index (Phi) is 8.15. The van der Waals surface area contributed by atoms with Gasteiger partial charge in [-0.05, 0) is 35.9 Å². The van der Waals surface area contributed by atoms with Gasteiger partial charge in [0.1, 0.15) is 16.5 Å². The molecule has 11 heteroatoms. The van der Waals surface area contributed by atoms with Crippen molar-refractivity contribution >= 4 is 52.2 Å². The zero-order valence-corrected chi connectivity index (χ0v) is 22.5. The molecule has 3 aromatic heterocycles. The van der Waals surface area contributed by atoms with Gasteiger partial charge in [-0.15, -0.1) is 21.5 Å². The molecule has 0 aliphatic carbocycles. The van der Waals surface area contributed by atoms with Crippen LogP contribution in [0.5, 0.6) is 0 Å². The van der Waals surface area contributed by atoms with Gasteiger partial charge in [0, 0.05) is 18.0 Å². The summed E-state index contributed by atoms with van der Waals surface area (Å²) in [7, 11) is 0. The van der Waals surface area contributed by atoms with Gasteiger partial charge in [-0.3, -0.25) is 14.3 Å². The molecule has 0 bridgehead atoms. The smallest absolute Gasteiger partial charge is 0.271 e. The summed E-state index contributed by atoms with van der Waals surface area (Å²) >= 11 is 15.4. The van der Waals surface area contributed by atoms with Crippen molar-refractivity contribution < 1.29 is 4.79 Å². The summed E-state index contributed by atoms with van der Waals surface area (Å²) in [4.78, 5) is 21.3. The number of thiazole rings is 1. The van der Waals surface area contributed by atoms with E-state index in [0.717, 1.165) is 27.8 Å². The molecule has 0 aliphatic heterocycles. The number of carbonyl (C=O) groups excluding carboxylic acids is 1. The minimum absolute atomic E-state index is 0.234. The Labute approximate surface area is 231 Å². The lowest BCUT2D eigenvalue weighted by Crippen LogP contribution is -2.23. The molecule has 5 rings (SSSR count). The molecule has 5 aromatic rings. The molecule has 0 saturated carbocycles. The first-order valence-electron chi connectivity index (χ1n) is 11.3. The van der Waals surface area contributed by atoms with Crippen LogP contribution in [0.3, 0.4) is 0 Å². The lowest BCUT2D eigenvalue weighted by atomic mass is 10.1. The van der Waals surface area contributed by atoms with Gasteiger partial charge in [0.2, 0.25) is 0 Å². The number of nitrogens with one attached hydrogen (secondary N) is 1. The first-order chi connectivity index (χ1) is 18.1. The van der Waals surface area contributed by atoms with E-state index >= 15 is 0 Å². The lowest BCUT2D eigenvalue weighted by molar-refractivity contribution is 0.0946. The monoisotopic (exact) mass is 566 g/mol. The van der Waals surface area contributed by atoms with Gasteiger partial charge in [0.05, 0.1) is 33.7 Å². The van der Waals surface area contributed by atoms with Crippen molar-refractivity contribution in [1.29, 1.82) is 0 Å². The Morgan fingerprint density at radius 3 is 2.62 bits per heavy atom. The highest BCUT2D eigenvalue weighted by atomic mass is 35.5. The number of thioether (sulfide) groups is 1. The van der Waals surface area contributed by atoms with Crippen LogP contribution in [0, 0.1) is 0 Å². The number of halogens is 2. The zero-order valence-electron chi connectivity index (χ0n) is 19.3. The average Bonchev–Trinajstić information content (AvgIpc) is 3.56. The normalized spacial score (nSPS) is 11.0. The van der Waals surface area contributed by atoms with Crippen molar-refractivity contribution in [1.82, 2.24) is 30.0 Å². The summed E-state index contributed by atoms with van der Waals surface area (Å²) in [5.74, 6) is 1.08. The van der Waals surface area contributed by atoms with E-state index in [9.17, 15) is 4.79 Å². The SMILES string of the molecule is O=C(NCc1ccccn1)c1csc(CSc2nnc(Cc3ccccc3)n2-c2ccc(Cl)c(Cl)c2)n1. The van der Waals surface area contributed by atoms with Crippen LogP contribution in [0.4, 0.5) is 0 Å². The molecule has 0 aliphatic rings. The van der Waals surface area contributed by atoms with Gasteiger partial charge in [-0.1, -0.05) is 71.4 Å². The van der Waals surface area contributed by atoms with Crippen molar-refractivity contribution in [3.8, 4) is 5.69 Å². The summed E-state index contributed by atoms with van der Waals surface area (Å²) in [6.07, 6.45) is 2.30. The number of hydrogen-bond donors (Lipinski definition) is 1. The van der Waals surface area contributed by atoms with Gasteiger partial charge in [0.15, 0.2) is 5.16 Å². The molecule has 3 heterocycles. The van der Waals surface area contributed by atoms with E-state index in [2.05, 4.69) is 37.6 Å². The van der Waals surface area contributed by atoms with Crippen LogP contribution in [-0.2, 0) is 18.7 Å². The van der Waals surface area contributed by atoms with Gasteiger partial charge < -0.3 is 5.32 Å². The van der Waals surface area contributed by atoms with Crippen LogP contribution in [0.15, 0.2) is 83.5 Å². The number of aromatic nitrogens is 5. The topological polar surface area (TPSA) is 85.6 Å². The number of rotatable bonds is 9. The summed E-state index contributed by atoms with van der Waals surface area (Å²) in [5.41, 5.74) is 3.11. The molecule has 37 heavy (non-hydrogen) atoms. The Hall–Kier alpha value is -3.24. The largest absolute Gasteiger partial charge is 0.345 e. The third-order valence-electron chi connectivity index (χ3n) is 5.33. The van der Waals surface area contributed by atoms with Crippen molar-refractivity contribution in [3.63, 3.8) is 0 Å². The Morgan fingerprint density at radius 1 is 1.00 bits per heavy atom. The fourth-order valence-corrected chi connectivity index (χ4v) is 5.60. The van der Waals surface area contributed by atoms with Crippen LogP contribution in [0.1, 0.15) is 32.6 Å². The predicted molar refractivity (Wildman–Crippen MR) is 148 cm³/mol. The second kappa shape index (κ2) is 11.9. The number of benzene rings is 2. The van der Waals surface area contributed by atoms with E-state index < -0.39 is 0 Å². The van der Waals surface area contributed by atoms with Crippen LogP contribution >= 0.6 is 46.3 Å². The van der Waals surface area contributed by atoms with Gasteiger partial charge in [-0.25, -0.2) is 4.98 Å². The fraction of sp³-hybridized carbons (Fsp3) is 0.115. The van der Waals surface area contributed by atoms with E-state index in [1.54, 1.807) is 23.7 Å². The summed E-state index contributed by atoms with van der Waals surface area (Å²) in [5, 5.41) is 16.0. The molecule has 0 atom stereocenters. The van der Waals surface area contributed by atoms with E-state index in [4.69, 9.17) is 23.2 Å². The fourth-order valence-electron chi connectivity index (χ4n) is 3.54. The molecular weight excluding hydrogens is 547 g/mol. The zero-order chi connectivity index (χ0) is 25.6. The first kappa shape index (κ1) is 25.4. The third kappa shape index (κ3) is 6.37. The highest BCUT2D eigenvalue weighted by Gasteiger charge is 2.18. The summed E-state index contributed by atoms with van der Waals surface area (Å²) < 4.78 is 1.98. The van der Waals surface area contributed by atoms with E-state index in [1.165, 1.54) is 23.1 Å². The standard InChI is InChI=1S/C26H20Cl2N6OS2/c27-20-10-9-19(13-21(20)28)34-23(12-17-6-2-1-3-7-17)32-33-26(34)37-16-24-31-22(15-36-24)25(35)30-14-18-8-4-5-11-29-18/h1-11,13,15H,12,14,16H2,(H,30,35). The Bertz CT molecular complexity index is 1510. The van der Waals surface area contributed by atoms with Crippen molar-refractivity contribution in [2.45, 2.75) is 23.9 Å². The maximum absolute atomic E-state index is 12.5. The minimum Gasteiger partial charge on any atom is -0.345 e. The summed E-state index contributed by atoms with van der Waals surface area (Å²) in [6, 6.07) is 21.1. The van der Waals surface area contributed by atoms with Crippen LogP contribution in [0.2, 0.25) is 10.0 Å². The molecule has 7 nitrogen and oxygen atoms in total. The highest BCUT2D eigenvalue weighted by molar-refractivity contribution is 7.98. The molecule has 0 spiro atoms. The Morgan fingerprint density at radius 2 is 1.84 bits per heavy atom. The molecule has 0 radical (unpaired) electrons. The lowest BCUT2D eigenvalue weighted by Gasteiger charge is -2.11. The first-order valence-corrected chi connectivity index (χ1v) is 13.9. The summed E-state index contributed by atoms with van der Waals surface area (Å²) in [6.45, 7) is 0.345. The molecule has 186 valence electrons. The van der Waals surface area contributed by atoms with Crippen molar-refractivity contribution in [3.05, 3.63) is 116 Å². The number of carbonyl (C=O) groups is 1.